The van der Waals surface area contributed by atoms with Crippen LogP contribution in [0.15, 0.2) is 11.0 Å². The van der Waals surface area contributed by atoms with Gasteiger partial charge in [-0.2, -0.15) is 4.72 Å². The van der Waals surface area contributed by atoms with E-state index in [0.717, 1.165) is 11.1 Å². The molecule has 0 saturated carbocycles. The van der Waals surface area contributed by atoms with Crippen LogP contribution >= 0.6 is 0 Å². The highest BCUT2D eigenvalue weighted by Gasteiger charge is 2.29. The number of hydrogen-bond donors (Lipinski definition) is 3. The zero-order valence-electron chi connectivity index (χ0n) is 16.2. The first-order valence-electron chi connectivity index (χ1n) is 8.18. The highest BCUT2D eigenvalue weighted by Crippen LogP contribution is 2.26. The number of nitrogens with two attached hydrogens (primary N) is 1. The van der Waals surface area contributed by atoms with Crippen LogP contribution in [0.3, 0.4) is 0 Å². The number of imide groups is 1. The molecule has 10 heteroatoms. The molecule has 0 aliphatic heterocycles. The van der Waals surface area contributed by atoms with Crippen LogP contribution in [0.1, 0.15) is 36.1 Å². The lowest BCUT2D eigenvalue weighted by Gasteiger charge is -2.20. The predicted molar refractivity (Wildman–Crippen MR) is 98.5 cm³/mol. The molecule has 9 nitrogen and oxygen atoms in total. The number of benzene rings is 1. The van der Waals surface area contributed by atoms with E-state index in [1.165, 1.54) is 13.8 Å². The molecule has 1 aromatic rings. The molecule has 27 heavy (non-hydrogen) atoms. The van der Waals surface area contributed by atoms with E-state index in [1.54, 1.807) is 33.0 Å². The summed E-state index contributed by atoms with van der Waals surface area (Å²) in [6, 6.07) is -0.448. The van der Waals surface area contributed by atoms with Gasteiger partial charge in [0.05, 0.1) is 4.90 Å². The quantitative estimate of drug-likeness (QED) is 0.601. The van der Waals surface area contributed by atoms with Gasteiger partial charge < -0.3 is 10.5 Å². The smallest absolute Gasteiger partial charge is 0.324 e. The Hall–Kier alpha value is -2.46. The number of urea groups is 1. The average Bonchev–Trinajstić information content (AvgIpc) is 2.51. The summed E-state index contributed by atoms with van der Waals surface area (Å²) < 4.78 is 32.7. The van der Waals surface area contributed by atoms with Gasteiger partial charge in [0.25, 0.3) is 5.91 Å². The molecule has 1 rings (SSSR count). The Bertz CT molecular complexity index is 853. The van der Waals surface area contributed by atoms with Gasteiger partial charge in [0.15, 0.2) is 6.10 Å². The summed E-state index contributed by atoms with van der Waals surface area (Å²) in [6.07, 6.45) is -1.32. The van der Waals surface area contributed by atoms with Crippen LogP contribution in [0.25, 0.3) is 0 Å². The van der Waals surface area contributed by atoms with Gasteiger partial charge in [-0.1, -0.05) is 6.07 Å². The number of primary amides is 1. The van der Waals surface area contributed by atoms with Gasteiger partial charge in [0.1, 0.15) is 6.04 Å². The van der Waals surface area contributed by atoms with E-state index in [0.29, 0.717) is 11.1 Å². The number of rotatable bonds is 6. The lowest BCUT2D eigenvalue weighted by atomic mass is 10.0. The van der Waals surface area contributed by atoms with Crippen molar-refractivity contribution in [1.82, 2.24) is 10.0 Å². The lowest BCUT2D eigenvalue weighted by Crippen LogP contribution is -2.45. The third-order valence-corrected chi connectivity index (χ3v) is 5.97. The zero-order valence-corrected chi connectivity index (χ0v) is 17.0. The predicted octanol–water partition coefficient (Wildman–Crippen LogP) is 0.714. The Balaban J connectivity index is 2.99. The molecule has 0 aliphatic carbocycles. The van der Waals surface area contributed by atoms with Crippen LogP contribution in [0.4, 0.5) is 4.79 Å². The molecule has 0 bridgehead atoms. The second kappa shape index (κ2) is 8.49. The van der Waals surface area contributed by atoms with Gasteiger partial charge in [0, 0.05) is 0 Å². The van der Waals surface area contributed by atoms with E-state index >= 15 is 0 Å². The van der Waals surface area contributed by atoms with Crippen molar-refractivity contribution < 1.29 is 27.5 Å². The number of sulfonamides is 1. The molecule has 1 aromatic carbocycles. The van der Waals surface area contributed by atoms with Crippen molar-refractivity contribution in [1.29, 1.82) is 0 Å². The van der Waals surface area contributed by atoms with Gasteiger partial charge in [-0.15, -0.1) is 0 Å². The number of ether oxygens (including phenoxy) is 1. The largest absolute Gasteiger partial charge is 0.451 e. The van der Waals surface area contributed by atoms with Crippen molar-refractivity contribution >= 4 is 27.9 Å². The molecule has 0 aliphatic rings. The molecule has 150 valence electrons. The first-order chi connectivity index (χ1) is 12.3. The topological polar surface area (TPSA) is 145 Å². The highest BCUT2D eigenvalue weighted by atomic mass is 32.2. The van der Waals surface area contributed by atoms with Crippen LogP contribution in [-0.2, 0) is 24.3 Å². The second-order valence-electron chi connectivity index (χ2n) is 6.37. The summed E-state index contributed by atoms with van der Waals surface area (Å²) in [7, 11) is -4.01. The number of hydrogen-bond acceptors (Lipinski definition) is 6. The Kier molecular flexibility index (Phi) is 7.10. The van der Waals surface area contributed by atoms with Gasteiger partial charge in [-0.05, 0) is 63.8 Å². The van der Waals surface area contributed by atoms with E-state index in [-0.39, 0.29) is 4.90 Å². The van der Waals surface area contributed by atoms with E-state index in [9.17, 15) is 22.8 Å². The Morgan fingerprint density at radius 2 is 1.52 bits per heavy atom. The molecule has 0 radical (unpaired) electrons. The summed E-state index contributed by atoms with van der Waals surface area (Å²) in [5, 5.41) is 1.77. The first kappa shape index (κ1) is 22.6. The number of aryl methyl sites for hydroxylation is 2. The minimum Gasteiger partial charge on any atom is -0.451 e. The molecule has 0 saturated heterocycles. The summed E-state index contributed by atoms with van der Waals surface area (Å²) in [4.78, 5) is 34.4. The van der Waals surface area contributed by atoms with E-state index < -0.39 is 40.1 Å². The summed E-state index contributed by atoms with van der Waals surface area (Å²) >= 11 is 0. The van der Waals surface area contributed by atoms with Crippen LogP contribution in [0.5, 0.6) is 0 Å². The monoisotopic (exact) mass is 399 g/mol. The van der Waals surface area contributed by atoms with E-state index in [1.807, 2.05) is 6.07 Å². The molecular weight excluding hydrogens is 374 g/mol. The summed E-state index contributed by atoms with van der Waals surface area (Å²) in [5.74, 6) is -1.88. The molecule has 0 fully saturated rings. The lowest BCUT2D eigenvalue weighted by molar-refractivity contribution is -0.155. The van der Waals surface area contributed by atoms with Crippen LogP contribution < -0.4 is 15.8 Å². The molecule has 2 atom stereocenters. The fraction of sp³-hybridized carbons (Fsp3) is 0.471. The van der Waals surface area contributed by atoms with Crippen molar-refractivity contribution in [2.75, 3.05) is 0 Å². The normalized spacial score (nSPS) is 13.6. The standard InChI is InChI=1S/C17H25N3O6S/c1-8-7-9(2)11(4)14(10(8)3)27(24,25)20-12(5)16(22)26-13(6)15(21)19-17(18)23/h7,12-13,20H,1-6H3,(H3,18,19,21,23)/t12-,13?/m0/s1. The van der Waals surface area contributed by atoms with E-state index in [4.69, 9.17) is 10.5 Å². The van der Waals surface area contributed by atoms with Crippen molar-refractivity contribution in [3.8, 4) is 0 Å². The molecule has 0 spiro atoms. The molecule has 1 unspecified atom stereocenters. The Labute approximate surface area is 158 Å². The van der Waals surface area contributed by atoms with Crippen molar-refractivity contribution in [3.63, 3.8) is 0 Å². The number of carbonyl (C=O) groups excluding carboxylic acids is 3. The maximum atomic E-state index is 12.8. The highest BCUT2D eigenvalue weighted by molar-refractivity contribution is 7.89. The van der Waals surface area contributed by atoms with Gasteiger partial charge in [-0.25, -0.2) is 13.2 Å². The third kappa shape index (κ3) is 5.51. The summed E-state index contributed by atoms with van der Waals surface area (Å²) in [5.41, 5.74) is 7.61. The second-order valence-corrected chi connectivity index (χ2v) is 8.02. The molecule has 3 amide bonds. The molecular formula is C17H25N3O6S. The number of carbonyl (C=O) groups is 3. The first-order valence-corrected chi connectivity index (χ1v) is 9.66. The van der Waals surface area contributed by atoms with Crippen molar-refractivity contribution in [2.24, 2.45) is 5.73 Å². The van der Waals surface area contributed by atoms with E-state index in [2.05, 4.69) is 4.72 Å². The SMILES string of the molecule is Cc1cc(C)c(C)c(S(=O)(=O)N[C@@H](C)C(=O)OC(C)C(=O)NC(N)=O)c1C. The third-order valence-electron chi connectivity index (χ3n) is 4.16. The van der Waals surface area contributed by atoms with Crippen LogP contribution in [-0.4, -0.2) is 38.5 Å². The van der Waals surface area contributed by atoms with Gasteiger partial charge >= 0.3 is 12.0 Å². The zero-order chi connectivity index (χ0) is 21.1. The maximum Gasteiger partial charge on any atom is 0.324 e. The molecule has 4 N–H and O–H groups in total. The number of amides is 3. The maximum absolute atomic E-state index is 12.8. The van der Waals surface area contributed by atoms with Crippen molar-refractivity contribution in [3.05, 3.63) is 28.3 Å². The van der Waals surface area contributed by atoms with Crippen LogP contribution in [0.2, 0.25) is 0 Å². The average molecular weight is 399 g/mol. The van der Waals surface area contributed by atoms with Gasteiger partial charge in [-0.3, -0.25) is 14.9 Å². The Morgan fingerprint density at radius 1 is 1.04 bits per heavy atom. The summed E-state index contributed by atoms with van der Waals surface area (Å²) in [6.45, 7) is 9.52. The Morgan fingerprint density at radius 3 is 1.96 bits per heavy atom. The van der Waals surface area contributed by atoms with Crippen LogP contribution in [0, 0.1) is 27.7 Å². The number of esters is 1. The fourth-order valence-corrected chi connectivity index (χ4v) is 4.28. The van der Waals surface area contributed by atoms with Crippen molar-refractivity contribution in [2.45, 2.75) is 58.6 Å². The molecule has 0 heterocycles. The number of nitrogens with one attached hydrogen (secondary N) is 2. The van der Waals surface area contributed by atoms with Gasteiger partial charge in [0.2, 0.25) is 10.0 Å². The fourth-order valence-electron chi connectivity index (χ4n) is 2.48. The minimum atomic E-state index is -4.01. The minimum absolute atomic E-state index is 0.110. The molecule has 0 aromatic heterocycles.